The van der Waals surface area contributed by atoms with E-state index in [2.05, 4.69) is 5.32 Å². The molecule has 6 rings (SSSR count). The maximum Gasteiger partial charge on any atom is 0.337 e. The highest BCUT2D eigenvalue weighted by molar-refractivity contribution is 6.07. The van der Waals surface area contributed by atoms with E-state index in [9.17, 15) is 14.4 Å². The summed E-state index contributed by atoms with van der Waals surface area (Å²) < 4.78 is 15.8. The number of para-hydroxylation sites is 2. The van der Waals surface area contributed by atoms with Crippen molar-refractivity contribution in [3.05, 3.63) is 94.7 Å². The molecule has 1 heterocycles. The van der Waals surface area contributed by atoms with E-state index in [0.29, 0.717) is 29.1 Å². The van der Waals surface area contributed by atoms with Gasteiger partial charge in [-0.2, -0.15) is 0 Å². The minimum absolute atomic E-state index is 0.00450. The number of esters is 1. The number of ketones is 1. The number of hydrogen-bond acceptors (Lipinski definition) is 7. The molecule has 3 aromatic carbocycles. The summed E-state index contributed by atoms with van der Waals surface area (Å²) in [6.45, 7) is 0. The van der Waals surface area contributed by atoms with Gasteiger partial charge in [-0.05, 0) is 72.7 Å². The van der Waals surface area contributed by atoms with Crippen LogP contribution < -0.4 is 19.7 Å². The summed E-state index contributed by atoms with van der Waals surface area (Å²) in [7, 11) is 4.53. The number of methoxy groups -OCH3 is 3. The second kappa shape index (κ2) is 10.8. The molecule has 2 aliphatic carbocycles. The number of amides is 1. The molecule has 0 bridgehead atoms. The van der Waals surface area contributed by atoms with Crippen molar-refractivity contribution >= 4 is 29.0 Å². The Labute approximate surface area is 238 Å². The number of allylic oxidation sites excluding steroid dienone is 1. The average Bonchev–Trinajstić information content (AvgIpc) is 3.86. The van der Waals surface area contributed by atoms with Crippen molar-refractivity contribution in [1.82, 2.24) is 0 Å². The number of nitrogens with one attached hydrogen (secondary N) is 1. The first-order valence-electron chi connectivity index (χ1n) is 13.8. The molecule has 1 saturated carbocycles. The minimum atomic E-state index is -0.639. The van der Waals surface area contributed by atoms with Gasteiger partial charge >= 0.3 is 5.97 Å². The first-order chi connectivity index (χ1) is 19.9. The van der Waals surface area contributed by atoms with E-state index in [0.717, 1.165) is 41.0 Å². The average molecular weight is 553 g/mol. The Morgan fingerprint density at radius 2 is 1.56 bits per heavy atom. The molecular weight excluding hydrogens is 520 g/mol. The molecule has 210 valence electrons. The number of carbonyl (C=O) groups is 3. The quantitative estimate of drug-likeness (QED) is 0.386. The Morgan fingerprint density at radius 1 is 0.854 bits per heavy atom. The molecule has 0 radical (unpaired) electrons. The SMILES string of the molecule is COC(=O)c1ccc([C@H]2C3=C(C[C@H](c4ccc(OC)c(OC)c4)CC3=O)Nc3ccccc3N2C(=O)C2CC2)cc1. The third-order valence-corrected chi connectivity index (χ3v) is 8.18. The van der Waals surface area contributed by atoms with Crippen molar-refractivity contribution < 1.29 is 28.6 Å². The third-order valence-electron chi connectivity index (χ3n) is 8.18. The zero-order chi connectivity index (χ0) is 28.7. The first-order valence-corrected chi connectivity index (χ1v) is 13.8. The van der Waals surface area contributed by atoms with E-state index in [1.165, 1.54) is 7.11 Å². The highest BCUT2D eigenvalue weighted by Crippen LogP contribution is 2.49. The van der Waals surface area contributed by atoms with Gasteiger partial charge < -0.3 is 19.5 Å². The number of carbonyl (C=O) groups excluding carboxylic acids is 3. The lowest BCUT2D eigenvalue weighted by Crippen LogP contribution is -2.39. The smallest absolute Gasteiger partial charge is 0.337 e. The Balaban J connectivity index is 1.49. The Hall–Kier alpha value is -4.59. The van der Waals surface area contributed by atoms with Gasteiger partial charge in [0.1, 0.15) is 0 Å². The molecule has 8 nitrogen and oxygen atoms in total. The number of fused-ring (bicyclic) bond motifs is 1. The summed E-state index contributed by atoms with van der Waals surface area (Å²) in [5.41, 5.74) is 5.03. The van der Waals surface area contributed by atoms with E-state index < -0.39 is 12.0 Å². The fourth-order valence-corrected chi connectivity index (χ4v) is 5.94. The van der Waals surface area contributed by atoms with Gasteiger partial charge in [0.2, 0.25) is 5.91 Å². The molecule has 8 heteroatoms. The van der Waals surface area contributed by atoms with Gasteiger partial charge in [-0.25, -0.2) is 4.79 Å². The van der Waals surface area contributed by atoms with E-state index in [-0.39, 0.29) is 29.9 Å². The molecule has 1 aliphatic heterocycles. The second-order valence-corrected chi connectivity index (χ2v) is 10.7. The van der Waals surface area contributed by atoms with Crippen LogP contribution in [0.1, 0.15) is 59.1 Å². The van der Waals surface area contributed by atoms with E-state index in [1.54, 1.807) is 31.3 Å². The molecule has 1 N–H and O–H groups in total. The molecule has 0 spiro atoms. The topological polar surface area (TPSA) is 94.2 Å². The summed E-state index contributed by atoms with van der Waals surface area (Å²) in [5.74, 6) is 0.619. The zero-order valence-electron chi connectivity index (χ0n) is 23.3. The van der Waals surface area contributed by atoms with Crippen molar-refractivity contribution in [2.75, 3.05) is 31.5 Å². The van der Waals surface area contributed by atoms with Crippen molar-refractivity contribution in [2.24, 2.45) is 5.92 Å². The molecule has 0 aromatic heterocycles. The highest BCUT2D eigenvalue weighted by atomic mass is 16.5. The molecule has 3 aliphatic rings. The number of anilines is 2. The van der Waals surface area contributed by atoms with Crippen molar-refractivity contribution in [3.63, 3.8) is 0 Å². The van der Waals surface area contributed by atoms with Crippen LogP contribution in [0.3, 0.4) is 0 Å². The second-order valence-electron chi connectivity index (χ2n) is 10.7. The van der Waals surface area contributed by atoms with Crippen molar-refractivity contribution in [3.8, 4) is 11.5 Å². The summed E-state index contributed by atoms with van der Waals surface area (Å²) in [6.07, 6.45) is 2.53. The highest BCUT2D eigenvalue weighted by Gasteiger charge is 2.45. The van der Waals surface area contributed by atoms with E-state index in [1.807, 2.05) is 54.6 Å². The van der Waals surface area contributed by atoms with Gasteiger partial charge in [0.05, 0.1) is 44.3 Å². The maximum absolute atomic E-state index is 14.2. The summed E-state index contributed by atoms with van der Waals surface area (Å²) >= 11 is 0. The lowest BCUT2D eigenvalue weighted by molar-refractivity contribution is -0.120. The number of rotatable bonds is 6. The Bertz CT molecular complexity index is 1560. The van der Waals surface area contributed by atoms with Crippen LogP contribution in [0.2, 0.25) is 0 Å². The van der Waals surface area contributed by atoms with Gasteiger partial charge in [0.25, 0.3) is 0 Å². The number of benzene rings is 3. The van der Waals surface area contributed by atoms with Crippen molar-refractivity contribution in [1.29, 1.82) is 0 Å². The fraction of sp³-hybridized carbons (Fsp3) is 0.303. The van der Waals surface area contributed by atoms with Gasteiger partial charge in [0.15, 0.2) is 17.3 Å². The van der Waals surface area contributed by atoms with Crippen molar-refractivity contribution in [2.45, 2.75) is 37.6 Å². The maximum atomic E-state index is 14.2. The Kier molecular flexibility index (Phi) is 6.99. The van der Waals surface area contributed by atoms with Crippen LogP contribution in [-0.4, -0.2) is 39.0 Å². The van der Waals surface area contributed by atoms with Crippen LogP contribution in [0.5, 0.6) is 11.5 Å². The molecule has 0 saturated heterocycles. The number of Topliss-reactive ketones (excluding diaryl/α,β-unsaturated/α-hetero) is 1. The summed E-state index contributed by atoms with van der Waals surface area (Å²) in [5, 5.41) is 3.56. The fourth-order valence-electron chi connectivity index (χ4n) is 5.94. The lowest BCUT2D eigenvalue weighted by atomic mass is 9.78. The van der Waals surface area contributed by atoms with Crippen LogP contribution in [0.15, 0.2) is 78.0 Å². The number of hydrogen-bond donors (Lipinski definition) is 1. The van der Waals surface area contributed by atoms with Crippen LogP contribution in [0, 0.1) is 5.92 Å². The number of nitrogens with zero attached hydrogens (tertiary/aromatic N) is 1. The van der Waals surface area contributed by atoms with Crippen LogP contribution >= 0.6 is 0 Å². The predicted octanol–water partition coefficient (Wildman–Crippen LogP) is 5.80. The van der Waals surface area contributed by atoms with Gasteiger partial charge in [-0.3, -0.25) is 14.5 Å². The van der Waals surface area contributed by atoms with Crippen LogP contribution in [0.25, 0.3) is 0 Å². The van der Waals surface area contributed by atoms with Gasteiger partial charge in [-0.15, -0.1) is 0 Å². The van der Waals surface area contributed by atoms with E-state index in [4.69, 9.17) is 14.2 Å². The normalized spacial score (nSPS) is 19.9. The predicted molar refractivity (Wildman–Crippen MR) is 154 cm³/mol. The summed E-state index contributed by atoms with van der Waals surface area (Å²) in [6, 6.07) is 19.8. The molecule has 1 fully saturated rings. The standard InChI is InChI=1S/C33H32N2O6/c1-39-28-15-14-22(18-29(28)40-2)23-16-25-30(27(36)17-23)31(19-8-12-21(13-9-19)33(38)41-3)35(32(37)20-10-11-20)26-7-5-4-6-24(26)34-25/h4-9,12-15,18,20,23,31,34H,10-11,16-17H2,1-3H3/t23-,31-/m0/s1. The monoisotopic (exact) mass is 552 g/mol. The summed E-state index contributed by atoms with van der Waals surface area (Å²) in [4.78, 5) is 42.1. The Morgan fingerprint density at radius 3 is 2.24 bits per heavy atom. The number of ether oxygens (including phenoxy) is 3. The third kappa shape index (κ3) is 4.84. The van der Waals surface area contributed by atoms with Crippen LogP contribution in [-0.2, 0) is 14.3 Å². The molecular formula is C33H32N2O6. The first kappa shape index (κ1) is 26.6. The molecule has 1 amide bonds. The zero-order valence-corrected chi connectivity index (χ0v) is 23.3. The van der Waals surface area contributed by atoms with Crippen LogP contribution in [0.4, 0.5) is 11.4 Å². The lowest BCUT2D eigenvalue weighted by Gasteiger charge is -2.35. The van der Waals surface area contributed by atoms with Gasteiger partial charge in [0, 0.05) is 23.6 Å². The molecule has 2 atom stereocenters. The largest absolute Gasteiger partial charge is 0.493 e. The van der Waals surface area contributed by atoms with Gasteiger partial charge in [-0.1, -0.05) is 30.3 Å². The molecule has 0 unspecified atom stereocenters. The molecule has 3 aromatic rings. The minimum Gasteiger partial charge on any atom is -0.493 e. The van der Waals surface area contributed by atoms with E-state index >= 15 is 0 Å². The molecule has 41 heavy (non-hydrogen) atoms.